The van der Waals surface area contributed by atoms with Gasteiger partial charge >= 0.3 is 5.69 Å². The number of aromatic nitrogens is 2. The number of nitrogens with zero attached hydrogens (tertiary/aromatic N) is 3. The summed E-state index contributed by atoms with van der Waals surface area (Å²) >= 11 is 0. The van der Waals surface area contributed by atoms with E-state index in [-0.39, 0.29) is 11.4 Å². The second kappa shape index (κ2) is 9.54. The Morgan fingerprint density at radius 2 is 2.14 bits per heavy atom. The van der Waals surface area contributed by atoms with Crippen LogP contribution in [0.2, 0.25) is 0 Å². The summed E-state index contributed by atoms with van der Waals surface area (Å²) in [5, 5.41) is 15.6. The molecule has 3 aromatic rings. The molecule has 9 nitrogen and oxygen atoms in total. The van der Waals surface area contributed by atoms with Gasteiger partial charge in [0, 0.05) is 11.6 Å². The summed E-state index contributed by atoms with van der Waals surface area (Å²) in [4.78, 5) is 18.5. The zero-order chi connectivity index (χ0) is 20.6. The number of ether oxygens (including phenoxy) is 2. The summed E-state index contributed by atoms with van der Waals surface area (Å²) in [6.07, 6.45) is 4.32. The van der Waals surface area contributed by atoms with Crippen LogP contribution in [0.15, 0.2) is 41.5 Å². The van der Waals surface area contributed by atoms with Gasteiger partial charge < -0.3 is 14.5 Å². The molecule has 0 aliphatic carbocycles. The molecular formula is C20H23N5O4. The van der Waals surface area contributed by atoms with Gasteiger partial charge in [-0.05, 0) is 24.6 Å². The van der Waals surface area contributed by atoms with Crippen LogP contribution in [0.5, 0.6) is 11.5 Å². The normalized spacial score (nSPS) is 11.1. The minimum Gasteiger partial charge on any atom is -0.493 e. The quantitative estimate of drug-likeness (QED) is 0.225. The van der Waals surface area contributed by atoms with Crippen LogP contribution in [0.1, 0.15) is 31.7 Å². The van der Waals surface area contributed by atoms with Gasteiger partial charge in [-0.15, -0.1) is 0 Å². The van der Waals surface area contributed by atoms with Crippen LogP contribution in [0, 0.1) is 10.1 Å². The number of H-pyrrole nitrogens is 1. The highest BCUT2D eigenvalue weighted by Crippen LogP contribution is 2.38. The third-order valence-electron chi connectivity index (χ3n) is 4.24. The largest absolute Gasteiger partial charge is 0.493 e. The molecule has 0 aliphatic heterocycles. The van der Waals surface area contributed by atoms with Crippen molar-refractivity contribution in [3.05, 3.63) is 52.1 Å². The van der Waals surface area contributed by atoms with E-state index in [2.05, 4.69) is 27.4 Å². The standard InChI is InChI=1S/C20H23N5O4/c1-3-4-7-10-29-19-17(25(26)27)11-14(12-18(19)28-2)13-21-24-20-22-15-8-5-6-9-16(15)23-20/h5-6,8-9,11-13H,3-4,7,10H2,1-2H3,(H2,22,23,24)/b21-13-. The van der Waals surface area contributed by atoms with Gasteiger partial charge in [0.15, 0.2) is 5.75 Å². The third kappa shape index (κ3) is 5.01. The molecule has 0 amide bonds. The first-order valence-corrected chi connectivity index (χ1v) is 9.35. The van der Waals surface area contributed by atoms with Gasteiger partial charge in [0.2, 0.25) is 11.7 Å². The lowest BCUT2D eigenvalue weighted by Gasteiger charge is -2.11. The van der Waals surface area contributed by atoms with Gasteiger partial charge in [0.05, 0.1) is 35.9 Å². The summed E-state index contributed by atoms with van der Waals surface area (Å²) in [7, 11) is 1.45. The fourth-order valence-electron chi connectivity index (χ4n) is 2.82. The molecule has 0 fully saturated rings. The molecule has 2 N–H and O–H groups in total. The van der Waals surface area contributed by atoms with Crippen LogP contribution < -0.4 is 14.9 Å². The van der Waals surface area contributed by atoms with Crippen molar-refractivity contribution in [2.24, 2.45) is 5.10 Å². The molecule has 2 aromatic carbocycles. The van der Waals surface area contributed by atoms with Gasteiger partial charge in [-0.1, -0.05) is 31.9 Å². The van der Waals surface area contributed by atoms with E-state index >= 15 is 0 Å². The summed E-state index contributed by atoms with van der Waals surface area (Å²) < 4.78 is 11.0. The van der Waals surface area contributed by atoms with Crippen molar-refractivity contribution in [2.75, 3.05) is 19.1 Å². The van der Waals surface area contributed by atoms with Crippen molar-refractivity contribution < 1.29 is 14.4 Å². The number of hydrogen-bond acceptors (Lipinski definition) is 7. The van der Waals surface area contributed by atoms with Gasteiger partial charge in [0.1, 0.15) is 0 Å². The van der Waals surface area contributed by atoms with Gasteiger partial charge in [-0.2, -0.15) is 5.10 Å². The molecule has 0 unspecified atom stereocenters. The SMILES string of the molecule is CCCCCOc1c(OC)cc(/C=N\Nc2nc3ccccc3[nH]2)cc1[N+](=O)[O-]. The molecule has 0 atom stereocenters. The molecule has 0 bridgehead atoms. The topological polar surface area (TPSA) is 115 Å². The number of para-hydroxylation sites is 2. The Hall–Kier alpha value is -3.62. The molecule has 0 saturated heterocycles. The van der Waals surface area contributed by atoms with Gasteiger partial charge in [-0.25, -0.2) is 10.4 Å². The Labute approximate surface area is 167 Å². The van der Waals surface area contributed by atoms with Crippen LogP contribution in [-0.2, 0) is 0 Å². The van der Waals surface area contributed by atoms with E-state index < -0.39 is 4.92 Å². The predicted octanol–water partition coefficient (Wildman–Crippen LogP) is 4.49. The van der Waals surface area contributed by atoms with Crippen molar-refractivity contribution >= 4 is 28.9 Å². The Morgan fingerprint density at radius 1 is 1.31 bits per heavy atom. The van der Waals surface area contributed by atoms with E-state index in [1.807, 2.05) is 24.3 Å². The number of methoxy groups -OCH3 is 1. The van der Waals surface area contributed by atoms with Gasteiger partial charge in [0.25, 0.3) is 0 Å². The second-order valence-electron chi connectivity index (χ2n) is 6.36. The number of unbranched alkanes of at least 4 members (excludes halogenated alkanes) is 2. The molecule has 0 saturated carbocycles. The predicted molar refractivity (Wildman–Crippen MR) is 112 cm³/mol. The summed E-state index contributed by atoms with van der Waals surface area (Å²) in [6, 6.07) is 10.6. The fourth-order valence-corrected chi connectivity index (χ4v) is 2.82. The van der Waals surface area contributed by atoms with E-state index in [0.29, 0.717) is 23.9 Å². The number of fused-ring (bicyclic) bond motifs is 1. The Balaban J connectivity index is 1.78. The lowest BCUT2D eigenvalue weighted by atomic mass is 10.2. The summed E-state index contributed by atoms with van der Waals surface area (Å²) in [6.45, 7) is 2.47. The molecule has 0 aliphatic rings. The van der Waals surface area contributed by atoms with E-state index in [4.69, 9.17) is 9.47 Å². The monoisotopic (exact) mass is 397 g/mol. The number of nitro benzene ring substituents is 1. The zero-order valence-electron chi connectivity index (χ0n) is 16.3. The first-order valence-electron chi connectivity index (χ1n) is 9.35. The van der Waals surface area contributed by atoms with Crippen LogP contribution in [0.4, 0.5) is 11.6 Å². The van der Waals surface area contributed by atoms with Crippen LogP contribution in [-0.4, -0.2) is 34.8 Å². The first kappa shape index (κ1) is 20.1. The van der Waals surface area contributed by atoms with Crippen LogP contribution in [0.3, 0.4) is 0 Å². The Morgan fingerprint density at radius 3 is 2.86 bits per heavy atom. The highest BCUT2D eigenvalue weighted by Gasteiger charge is 2.22. The minimum atomic E-state index is -0.484. The molecule has 0 spiro atoms. The number of anilines is 1. The van der Waals surface area contributed by atoms with Crippen molar-refractivity contribution in [1.82, 2.24) is 9.97 Å². The van der Waals surface area contributed by atoms with E-state index in [1.54, 1.807) is 6.07 Å². The number of rotatable bonds is 10. The molecule has 1 heterocycles. The van der Waals surface area contributed by atoms with Crippen LogP contribution >= 0.6 is 0 Å². The van der Waals surface area contributed by atoms with E-state index in [9.17, 15) is 10.1 Å². The van der Waals surface area contributed by atoms with Crippen molar-refractivity contribution in [3.8, 4) is 11.5 Å². The number of benzene rings is 2. The number of hydrazone groups is 1. The minimum absolute atomic E-state index is 0.135. The maximum absolute atomic E-state index is 11.5. The average Bonchev–Trinajstić information content (AvgIpc) is 3.14. The van der Waals surface area contributed by atoms with E-state index in [0.717, 1.165) is 30.3 Å². The number of nitro groups is 1. The number of imidazole rings is 1. The maximum Gasteiger partial charge on any atom is 0.315 e. The molecule has 1 aromatic heterocycles. The molecular weight excluding hydrogens is 374 g/mol. The highest BCUT2D eigenvalue weighted by molar-refractivity contribution is 5.84. The molecule has 9 heteroatoms. The third-order valence-corrected chi connectivity index (χ3v) is 4.24. The van der Waals surface area contributed by atoms with Crippen molar-refractivity contribution in [2.45, 2.75) is 26.2 Å². The molecule has 3 rings (SSSR count). The zero-order valence-corrected chi connectivity index (χ0v) is 16.3. The van der Waals surface area contributed by atoms with E-state index in [1.165, 1.54) is 19.4 Å². The number of hydrogen-bond donors (Lipinski definition) is 2. The Bertz CT molecular complexity index is 982. The van der Waals surface area contributed by atoms with Crippen LogP contribution in [0.25, 0.3) is 11.0 Å². The Kier molecular flexibility index (Phi) is 6.62. The maximum atomic E-state index is 11.5. The first-order chi connectivity index (χ1) is 14.1. The summed E-state index contributed by atoms with van der Waals surface area (Å²) in [5.74, 6) is 0.900. The average molecular weight is 397 g/mol. The fraction of sp³-hybridized carbons (Fsp3) is 0.300. The lowest BCUT2D eigenvalue weighted by molar-refractivity contribution is -0.386. The number of aromatic amines is 1. The molecule has 0 radical (unpaired) electrons. The lowest BCUT2D eigenvalue weighted by Crippen LogP contribution is -2.04. The van der Waals surface area contributed by atoms with Crippen molar-refractivity contribution in [3.63, 3.8) is 0 Å². The molecule has 152 valence electrons. The van der Waals surface area contributed by atoms with Gasteiger partial charge in [-0.3, -0.25) is 10.1 Å². The second-order valence-corrected chi connectivity index (χ2v) is 6.36. The summed E-state index contributed by atoms with van der Waals surface area (Å²) in [5.41, 5.74) is 4.82. The molecule has 29 heavy (non-hydrogen) atoms. The highest BCUT2D eigenvalue weighted by atomic mass is 16.6. The smallest absolute Gasteiger partial charge is 0.315 e. The number of nitrogens with one attached hydrogen (secondary N) is 2. The van der Waals surface area contributed by atoms with Crippen molar-refractivity contribution in [1.29, 1.82) is 0 Å².